The van der Waals surface area contributed by atoms with Gasteiger partial charge in [-0.3, -0.25) is 9.59 Å². The average Bonchev–Trinajstić information content (AvgIpc) is 3.65. The van der Waals surface area contributed by atoms with Gasteiger partial charge in [0.15, 0.2) is 29.6 Å². The Balaban J connectivity index is 1.21. The summed E-state index contributed by atoms with van der Waals surface area (Å²) in [6.07, 6.45) is -6.77. The molecule has 0 unspecified atom stereocenters. The second-order valence-corrected chi connectivity index (χ2v) is 12.2. The Labute approximate surface area is 270 Å². The zero-order chi connectivity index (χ0) is 33.2. The second kappa shape index (κ2) is 14.1. The van der Waals surface area contributed by atoms with Crippen LogP contribution in [0.1, 0.15) is 55.4 Å². The van der Waals surface area contributed by atoms with Gasteiger partial charge in [0.2, 0.25) is 6.79 Å². The van der Waals surface area contributed by atoms with Gasteiger partial charge in [0.05, 0.1) is 19.1 Å². The Morgan fingerprint density at radius 1 is 1.02 bits per heavy atom. The molecule has 2 aromatic rings. The van der Waals surface area contributed by atoms with Gasteiger partial charge in [0.1, 0.15) is 48.9 Å². The number of carboxylic acid groups (broad SMARTS) is 1. The Kier molecular flexibility index (Phi) is 9.91. The van der Waals surface area contributed by atoms with Crippen LogP contribution in [0.3, 0.4) is 0 Å². The molecule has 47 heavy (non-hydrogen) atoms. The standard InChI is InChI=1S/C32H39NO14/c1-15(2)3-4-16-7-17(8-19-29(16)41-12-20-18-9-22-23(43-14-42-22)10-21(18)44-30(19)20)46-47-31-28(38)27(37)24(45-32(31)39-6-5-33)13-40-26(36)11-25(34)35/h7-10,15,20,24,27-28,30-32,37-38H,3-6,11-14,33H2,1-2H3,(H,34,35)/t20-,24-,27-,28+,30-,31-,32-/m1/s1. The van der Waals surface area contributed by atoms with E-state index in [1.165, 1.54) is 0 Å². The first-order valence-corrected chi connectivity index (χ1v) is 15.6. The summed E-state index contributed by atoms with van der Waals surface area (Å²) in [6.45, 7) is 4.41. The number of fused-ring (bicyclic) bond motifs is 6. The molecule has 0 aromatic heterocycles. The molecule has 0 amide bonds. The molecule has 4 aliphatic rings. The van der Waals surface area contributed by atoms with E-state index in [0.29, 0.717) is 47.7 Å². The molecule has 0 radical (unpaired) electrons. The number of rotatable bonds is 13. The first-order valence-electron chi connectivity index (χ1n) is 15.6. The largest absolute Gasteiger partial charge is 0.492 e. The monoisotopic (exact) mass is 661 g/mol. The minimum atomic E-state index is -1.61. The Bertz CT molecular complexity index is 1470. The van der Waals surface area contributed by atoms with Gasteiger partial charge in [0.25, 0.3) is 0 Å². The molecule has 0 saturated carbocycles. The van der Waals surface area contributed by atoms with Crippen LogP contribution in [0.4, 0.5) is 0 Å². The van der Waals surface area contributed by atoms with E-state index in [4.69, 9.17) is 53.8 Å². The molecule has 5 N–H and O–H groups in total. The normalized spacial score (nSPS) is 26.9. The minimum absolute atomic E-state index is 0.00880. The number of aryl methyl sites for hydroxylation is 1. The van der Waals surface area contributed by atoms with Crippen molar-refractivity contribution in [1.29, 1.82) is 0 Å². The summed E-state index contributed by atoms with van der Waals surface area (Å²) in [5.41, 5.74) is 8.21. The number of benzene rings is 2. The highest BCUT2D eigenvalue weighted by molar-refractivity contribution is 5.90. The van der Waals surface area contributed by atoms with Crippen molar-refractivity contribution in [3.63, 3.8) is 0 Å². The first kappa shape index (κ1) is 33.1. The van der Waals surface area contributed by atoms with Gasteiger partial charge in [-0.05, 0) is 42.5 Å². The van der Waals surface area contributed by atoms with Crippen molar-refractivity contribution in [1.82, 2.24) is 0 Å². The molecule has 7 atom stereocenters. The van der Waals surface area contributed by atoms with Crippen LogP contribution in [0.25, 0.3) is 0 Å². The van der Waals surface area contributed by atoms with Crippen molar-refractivity contribution in [3.8, 4) is 28.7 Å². The van der Waals surface area contributed by atoms with Crippen molar-refractivity contribution in [2.24, 2.45) is 11.7 Å². The molecular formula is C32H39NO14. The Morgan fingerprint density at radius 2 is 1.81 bits per heavy atom. The minimum Gasteiger partial charge on any atom is -0.492 e. The number of hydrogen-bond acceptors (Lipinski definition) is 14. The van der Waals surface area contributed by atoms with Gasteiger partial charge in [-0.1, -0.05) is 13.8 Å². The molecular weight excluding hydrogens is 622 g/mol. The molecule has 2 aromatic carbocycles. The molecule has 0 bridgehead atoms. The van der Waals surface area contributed by atoms with Crippen molar-refractivity contribution in [2.45, 2.75) is 75.8 Å². The number of aliphatic hydroxyl groups is 2. The smallest absolute Gasteiger partial charge is 0.317 e. The van der Waals surface area contributed by atoms with Crippen LogP contribution in [0, 0.1) is 5.92 Å². The fraction of sp³-hybridized carbons (Fsp3) is 0.562. The average molecular weight is 662 g/mol. The molecule has 15 heteroatoms. The van der Waals surface area contributed by atoms with Crippen LogP contribution in [0.15, 0.2) is 24.3 Å². The molecule has 1 saturated heterocycles. The van der Waals surface area contributed by atoms with E-state index >= 15 is 0 Å². The van der Waals surface area contributed by atoms with E-state index in [-0.39, 0.29) is 32.0 Å². The summed E-state index contributed by atoms with van der Waals surface area (Å²) in [6, 6.07) is 7.31. The number of hydrogen-bond donors (Lipinski definition) is 4. The van der Waals surface area contributed by atoms with Crippen molar-refractivity contribution in [2.75, 3.05) is 33.2 Å². The van der Waals surface area contributed by atoms with Gasteiger partial charge >= 0.3 is 11.9 Å². The van der Waals surface area contributed by atoms with Crippen LogP contribution in [0.2, 0.25) is 0 Å². The molecule has 0 aliphatic carbocycles. The van der Waals surface area contributed by atoms with Crippen molar-refractivity contribution in [3.05, 3.63) is 41.0 Å². The fourth-order valence-electron chi connectivity index (χ4n) is 6.02. The Morgan fingerprint density at radius 3 is 2.55 bits per heavy atom. The lowest BCUT2D eigenvalue weighted by Gasteiger charge is -2.41. The number of aliphatic hydroxyl groups excluding tert-OH is 2. The maximum absolute atomic E-state index is 11.7. The van der Waals surface area contributed by atoms with Gasteiger partial charge in [0, 0.05) is 23.7 Å². The predicted molar refractivity (Wildman–Crippen MR) is 158 cm³/mol. The number of carbonyl (C=O) groups excluding carboxylic acids is 1. The second-order valence-electron chi connectivity index (χ2n) is 12.2. The third kappa shape index (κ3) is 7.05. The molecule has 4 heterocycles. The van der Waals surface area contributed by atoms with Gasteiger partial charge in [-0.2, -0.15) is 4.89 Å². The van der Waals surface area contributed by atoms with E-state index in [1.54, 1.807) is 12.1 Å². The zero-order valence-corrected chi connectivity index (χ0v) is 26.0. The van der Waals surface area contributed by atoms with E-state index in [2.05, 4.69) is 13.8 Å². The van der Waals surface area contributed by atoms with E-state index in [9.17, 15) is 19.8 Å². The number of esters is 1. The van der Waals surface area contributed by atoms with Crippen LogP contribution in [-0.2, 0) is 35.1 Å². The molecule has 1 fully saturated rings. The highest BCUT2D eigenvalue weighted by Crippen LogP contribution is 2.55. The molecule has 15 nitrogen and oxygen atoms in total. The lowest BCUT2D eigenvalue weighted by Crippen LogP contribution is -2.60. The number of nitrogens with two attached hydrogens (primary N) is 1. The summed E-state index contributed by atoms with van der Waals surface area (Å²) < 4.78 is 40.2. The maximum atomic E-state index is 11.7. The van der Waals surface area contributed by atoms with Crippen molar-refractivity contribution < 1.29 is 67.8 Å². The van der Waals surface area contributed by atoms with Gasteiger partial charge in [-0.15, -0.1) is 0 Å². The summed E-state index contributed by atoms with van der Waals surface area (Å²) in [5.74, 6) is 0.881. The molecule has 0 spiro atoms. The van der Waals surface area contributed by atoms with Crippen molar-refractivity contribution >= 4 is 11.9 Å². The number of ether oxygens (including phenoxy) is 7. The van der Waals surface area contributed by atoms with E-state index < -0.39 is 55.7 Å². The van der Waals surface area contributed by atoms with E-state index in [0.717, 1.165) is 23.1 Å². The highest BCUT2D eigenvalue weighted by atomic mass is 17.2. The van der Waals surface area contributed by atoms with Gasteiger partial charge < -0.3 is 59.1 Å². The number of carboxylic acids is 1. The third-order valence-corrected chi connectivity index (χ3v) is 8.40. The summed E-state index contributed by atoms with van der Waals surface area (Å²) in [7, 11) is 0. The number of aliphatic carboxylic acids is 1. The number of carbonyl (C=O) groups is 2. The zero-order valence-electron chi connectivity index (χ0n) is 26.0. The van der Waals surface area contributed by atoms with Crippen LogP contribution >= 0.6 is 0 Å². The lowest BCUT2D eigenvalue weighted by molar-refractivity contribution is -0.372. The maximum Gasteiger partial charge on any atom is 0.317 e. The molecule has 6 rings (SSSR count). The quantitative estimate of drug-likeness (QED) is 0.104. The van der Waals surface area contributed by atoms with Crippen LogP contribution in [-0.4, -0.2) is 91.1 Å². The summed E-state index contributed by atoms with van der Waals surface area (Å²) >= 11 is 0. The molecule has 4 aliphatic heterocycles. The summed E-state index contributed by atoms with van der Waals surface area (Å²) in [5, 5.41) is 30.6. The lowest BCUT2D eigenvalue weighted by atomic mass is 9.87. The van der Waals surface area contributed by atoms with Gasteiger partial charge in [-0.25, -0.2) is 0 Å². The first-order chi connectivity index (χ1) is 22.6. The topological polar surface area (TPSA) is 204 Å². The molecule has 256 valence electrons. The van der Waals surface area contributed by atoms with Crippen LogP contribution in [0.5, 0.6) is 28.7 Å². The van der Waals surface area contributed by atoms with Crippen LogP contribution < -0.4 is 29.6 Å². The SMILES string of the molecule is CC(C)CCc1cc(OO[C@H]2[C@H](OCCN)O[C@H](COC(=O)CC(=O)O)[C@@H](O)[C@@H]2O)cc2c1OC[C@@H]1c3cc4c(cc3O[C@H]21)OCO4. The Hall–Kier alpha value is -3.86. The van der Waals surface area contributed by atoms with E-state index in [1.807, 2.05) is 12.1 Å². The predicted octanol–water partition coefficient (Wildman–Crippen LogP) is 1.73. The summed E-state index contributed by atoms with van der Waals surface area (Å²) in [4.78, 5) is 34.0. The third-order valence-electron chi connectivity index (χ3n) is 8.40. The highest BCUT2D eigenvalue weighted by Gasteiger charge is 2.48. The fourth-order valence-corrected chi connectivity index (χ4v) is 6.02.